The number of nitrogens with two attached hydrogens (primary N) is 1. The maximum Gasteiger partial charge on any atom is 0.261 e. The Hall–Kier alpha value is -0.920. The smallest absolute Gasteiger partial charge is 0.261 e. The molecule has 3 N–H and O–H groups in total. The zero-order chi connectivity index (χ0) is 13.4. The third kappa shape index (κ3) is 3.79. The second kappa shape index (κ2) is 4.40. The van der Waals surface area contributed by atoms with Gasteiger partial charge in [0.1, 0.15) is 0 Å². The van der Waals surface area contributed by atoms with E-state index in [0.29, 0.717) is 9.75 Å². The second-order valence-electron chi connectivity index (χ2n) is 4.78. The van der Waals surface area contributed by atoms with Crippen LogP contribution >= 0.6 is 11.3 Å². The number of hydrogen-bond donors (Lipinski definition) is 2. The van der Waals surface area contributed by atoms with E-state index in [1.807, 2.05) is 20.8 Å². The highest BCUT2D eigenvalue weighted by atomic mass is 32.2. The number of amides is 1. The molecule has 0 aliphatic heterocycles. The quantitative estimate of drug-likeness (QED) is 0.851. The molecule has 7 heteroatoms. The molecule has 0 spiro atoms. The Kier molecular flexibility index (Phi) is 3.66. The summed E-state index contributed by atoms with van der Waals surface area (Å²) in [6.45, 7) is 7.18. The van der Waals surface area contributed by atoms with Crippen molar-refractivity contribution in [3.05, 3.63) is 15.8 Å². The molecule has 0 aliphatic carbocycles. The summed E-state index contributed by atoms with van der Waals surface area (Å²) in [6, 6.07) is 1.32. The van der Waals surface area contributed by atoms with Crippen LogP contribution in [-0.2, 0) is 10.0 Å². The van der Waals surface area contributed by atoms with Gasteiger partial charge in [-0.05, 0) is 33.8 Å². The Morgan fingerprint density at radius 2 is 1.94 bits per heavy atom. The van der Waals surface area contributed by atoms with E-state index in [1.165, 1.54) is 6.07 Å². The Balaban J connectivity index is 3.07. The molecule has 5 nitrogen and oxygen atoms in total. The number of hydrogen-bond acceptors (Lipinski definition) is 4. The second-order valence-corrected chi connectivity index (χ2v) is 7.57. The van der Waals surface area contributed by atoms with Gasteiger partial charge in [-0.2, -0.15) is 0 Å². The van der Waals surface area contributed by atoms with Crippen molar-refractivity contribution in [3.63, 3.8) is 0 Å². The van der Waals surface area contributed by atoms with Crippen molar-refractivity contribution in [2.75, 3.05) is 0 Å². The number of thiophene rings is 1. The highest BCUT2D eigenvalue weighted by Gasteiger charge is 2.21. The van der Waals surface area contributed by atoms with Crippen molar-refractivity contribution in [1.82, 2.24) is 5.32 Å². The van der Waals surface area contributed by atoms with Crippen LogP contribution in [-0.4, -0.2) is 19.9 Å². The maximum absolute atomic E-state index is 11.8. The first-order chi connectivity index (χ1) is 7.50. The number of sulfonamides is 1. The largest absolute Gasteiger partial charge is 0.347 e. The highest BCUT2D eigenvalue weighted by Crippen LogP contribution is 2.25. The van der Waals surface area contributed by atoms with Crippen LogP contribution in [0.5, 0.6) is 0 Å². The van der Waals surface area contributed by atoms with Gasteiger partial charge in [0.05, 0.1) is 9.77 Å². The Bertz CT molecular complexity index is 538. The Morgan fingerprint density at radius 3 is 2.29 bits per heavy atom. The van der Waals surface area contributed by atoms with Crippen molar-refractivity contribution < 1.29 is 13.2 Å². The maximum atomic E-state index is 11.8. The van der Waals surface area contributed by atoms with Crippen molar-refractivity contribution in [2.24, 2.45) is 5.14 Å². The van der Waals surface area contributed by atoms with E-state index in [1.54, 1.807) is 6.92 Å². The van der Waals surface area contributed by atoms with Gasteiger partial charge in [-0.1, -0.05) is 0 Å². The molecule has 0 aliphatic rings. The number of carbonyl (C=O) groups is 1. The molecule has 96 valence electrons. The number of primary sulfonamides is 1. The molecular weight excluding hydrogens is 260 g/mol. The Morgan fingerprint density at radius 1 is 1.41 bits per heavy atom. The van der Waals surface area contributed by atoms with Gasteiger partial charge < -0.3 is 5.32 Å². The number of nitrogens with one attached hydrogen (secondary N) is 1. The van der Waals surface area contributed by atoms with E-state index in [-0.39, 0.29) is 16.3 Å². The molecule has 0 saturated heterocycles. The molecule has 0 aromatic carbocycles. The molecular formula is C10H16N2O3S2. The summed E-state index contributed by atoms with van der Waals surface area (Å²) in [6.07, 6.45) is 0. The van der Waals surface area contributed by atoms with Crippen LogP contribution in [0.4, 0.5) is 0 Å². The molecule has 0 atom stereocenters. The summed E-state index contributed by atoms with van der Waals surface area (Å²) < 4.78 is 22.5. The average molecular weight is 276 g/mol. The molecule has 1 heterocycles. The minimum absolute atomic E-state index is 0.0153. The molecule has 0 bridgehead atoms. The van der Waals surface area contributed by atoms with Crippen LogP contribution in [0.15, 0.2) is 11.0 Å². The topological polar surface area (TPSA) is 89.3 Å². The van der Waals surface area contributed by atoms with Crippen molar-refractivity contribution >= 4 is 27.3 Å². The van der Waals surface area contributed by atoms with Gasteiger partial charge in [0, 0.05) is 10.4 Å². The van der Waals surface area contributed by atoms with Crippen LogP contribution in [0.1, 0.15) is 35.3 Å². The predicted octanol–water partition coefficient (Wildman–Crippen LogP) is 1.23. The lowest BCUT2D eigenvalue weighted by Crippen LogP contribution is -2.40. The van der Waals surface area contributed by atoms with Gasteiger partial charge >= 0.3 is 0 Å². The van der Waals surface area contributed by atoms with Gasteiger partial charge in [-0.3, -0.25) is 4.79 Å². The molecule has 0 radical (unpaired) electrons. The van der Waals surface area contributed by atoms with Crippen LogP contribution in [0.2, 0.25) is 0 Å². The van der Waals surface area contributed by atoms with E-state index in [0.717, 1.165) is 11.3 Å². The monoisotopic (exact) mass is 276 g/mol. The lowest BCUT2D eigenvalue weighted by molar-refractivity contribution is 0.0923. The van der Waals surface area contributed by atoms with Crippen LogP contribution in [0, 0.1) is 6.92 Å². The molecule has 1 rings (SSSR count). The summed E-state index contributed by atoms with van der Waals surface area (Å²) in [5.41, 5.74) is -0.364. The summed E-state index contributed by atoms with van der Waals surface area (Å²) >= 11 is 1.12. The summed E-state index contributed by atoms with van der Waals surface area (Å²) in [4.78, 5) is 12.7. The first kappa shape index (κ1) is 14.1. The van der Waals surface area contributed by atoms with Crippen molar-refractivity contribution in [2.45, 2.75) is 38.1 Å². The fourth-order valence-electron chi connectivity index (χ4n) is 1.26. The van der Waals surface area contributed by atoms with Gasteiger partial charge in [0.2, 0.25) is 10.0 Å². The fourth-order valence-corrected chi connectivity index (χ4v) is 3.30. The first-order valence-electron chi connectivity index (χ1n) is 4.96. The minimum Gasteiger partial charge on any atom is -0.347 e. The zero-order valence-corrected chi connectivity index (χ0v) is 11.8. The summed E-state index contributed by atoms with van der Waals surface area (Å²) in [7, 11) is -3.76. The van der Waals surface area contributed by atoms with Gasteiger partial charge in [-0.15, -0.1) is 11.3 Å². The van der Waals surface area contributed by atoms with Gasteiger partial charge in [0.25, 0.3) is 5.91 Å². The third-order valence-electron chi connectivity index (χ3n) is 1.89. The first-order valence-corrected chi connectivity index (χ1v) is 7.33. The van der Waals surface area contributed by atoms with Crippen LogP contribution < -0.4 is 10.5 Å². The highest BCUT2D eigenvalue weighted by molar-refractivity contribution is 7.89. The molecule has 17 heavy (non-hydrogen) atoms. The molecule has 0 fully saturated rings. The fraction of sp³-hybridized carbons (Fsp3) is 0.500. The molecule has 1 aromatic heterocycles. The van der Waals surface area contributed by atoms with Gasteiger partial charge in [0.15, 0.2) is 0 Å². The van der Waals surface area contributed by atoms with Crippen LogP contribution in [0.3, 0.4) is 0 Å². The number of aryl methyl sites for hydroxylation is 1. The molecule has 1 aromatic rings. The number of carbonyl (C=O) groups excluding carboxylic acids is 1. The SMILES string of the molecule is Cc1sc(C(=O)NC(C)(C)C)cc1S(N)(=O)=O. The lowest BCUT2D eigenvalue weighted by atomic mass is 10.1. The van der Waals surface area contributed by atoms with E-state index < -0.39 is 10.0 Å². The predicted molar refractivity (Wildman–Crippen MR) is 67.6 cm³/mol. The normalized spacial score (nSPS) is 12.5. The van der Waals surface area contributed by atoms with Crippen molar-refractivity contribution in [3.8, 4) is 0 Å². The molecule has 0 saturated carbocycles. The van der Waals surface area contributed by atoms with Crippen LogP contribution in [0.25, 0.3) is 0 Å². The van der Waals surface area contributed by atoms with E-state index in [4.69, 9.17) is 5.14 Å². The summed E-state index contributed by atoms with van der Waals surface area (Å²) in [5.74, 6) is -0.291. The lowest BCUT2D eigenvalue weighted by Gasteiger charge is -2.19. The van der Waals surface area contributed by atoms with Crippen molar-refractivity contribution in [1.29, 1.82) is 0 Å². The van der Waals surface area contributed by atoms with E-state index in [2.05, 4.69) is 5.32 Å². The number of rotatable bonds is 2. The standard InChI is InChI=1S/C10H16N2O3S2/c1-6-8(17(11,14)15)5-7(16-6)9(13)12-10(2,3)4/h5H,1-4H3,(H,12,13)(H2,11,14,15). The summed E-state index contributed by atoms with van der Waals surface area (Å²) in [5, 5.41) is 7.81. The van der Waals surface area contributed by atoms with E-state index >= 15 is 0 Å². The zero-order valence-electron chi connectivity index (χ0n) is 10.2. The minimum atomic E-state index is -3.76. The molecule has 0 unspecified atom stereocenters. The Labute approximate surface area is 105 Å². The average Bonchev–Trinajstić information content (AvgIpc) is 2.42. The van der Waals surface area contributed by atoms with Gasteiger partial charge in [-0.25, -0.2) is 13.6 Å². The third-order valence-corrected chi connectivity index (χ3v) is 4.11. The van der Waals surface area contributed by atoms with E-state index in [9.17, 15) is 13.2 Å². The molecule has 1 amide bonds.